The summed E-state index contributed by atoms with van der Waals surface area (Å²) in [5.74, 6) is 1.03. The Morgan fingerprint density at radius 1 is 1.18 bits per heavy atom. The summed E-state index contributed by atoms with van der Waals surface area (Å²) in [7, 11) is 0. The first-order valence-electron chi connectivity index (χ1n) is 5.33. The van der Waals surface area contributed by atoms with Crippen LogP contribution in [0.4, 0.5) is 5.13 Å². The molecule has 0 aliphatic carbocycles. The zero-order valence-electron chi connectivity index (χ0n) is 9.14. The van der Waals surface area contributed by atoms with Gasteiger partial charge in [0.1, 0.15) is 5.84 Å². The monoisotopic (exact) mass is 268 g/mol. The van der Waals surface area contributed by atoms with E-state index >= 15 is 0 Å². The van der Waals surface area contributed by atoms with Gasteiger partial charge in [0.25, 0.3) is 0 Å². The van der Waals surface area contributed by atoms with Gasteiger partial charge in [-0.1, -0.05) is 23.5 Å². The van der Waals surface area contributed by atoms with E-state index in [-0.39, 0.29) is 12.4 Å². The van der Waals surface area contributed by atoms with Crippen molar-refractivity contribution < 1.29 is 0 Å². The molecular formula is C11H13ClN4S. The van der Waals surface area contributed by atoms with Gasteiger partial charge >= 0.3 is 0 Å². The molecule has 1 aromatic heterocycles. The van der Waals surface area contributed by atoms with Crippen molar-refractivity contribution in [1.29, 1.82) is 0 Å². The molecule has 0 amide bonds. The fraction of sp³-hybridized carbons (Fsp3) is 0.273. The highest BCUT2D eigenvalue weighted by Crippen LogP contribution is 2.24. The summed E-state index contributed by atoms with van der Waals surface area (Å²) in [6, 6.07) is 8.12. The average Bonchev–Trinajstić information content (AvgIpc) is 2.95. The Labute approximate surface area is 110 Å². The van der Waals surface area contributed by atoms with Crippen LogP contribution in [0.3, 0.4) is 0 Å². The smallest absolute Gasteiger partial charge is 0.202 e. The number of amidine groups is 1. The van der Waals surface area contributed by atoms with Gasteiger partial charge in [-0.25, -0.2) is 4.98 Å². The second-order valence-electron chi connectivity index (χ2n) is 3.67. The van der Waals surface area contributed by atoms with Gasteiger partial charge in [-0.05, 0) is 18.6 Å². The van der Waals surface area contributed by atoms with Crippen molar-refractivity contribution in [2.75, 3.05) is 12.0 Å². The maximum atomic E-state index is 4.46. The van der Waals surface area contributed by atoms with E-state index < -0.39 is 0 Å². The number of thiazole rings is 1. The lowest BCUT2D eigenvalue weighted by Gasteiger charge is -2.04. The molecule has 1 aliphatic rings. The molecule has 0 unspecified atom stereocenters. The Kier molecular flexibility index (Phi) is 3.81. The molecule has 0 saturated heterocycles. The minimum atomic E-state index is 0. The van der Waals surface area contributed by atoms with Crippen LogP contribution < -0.4 is 10.9 Å². The van der Waals surface area contributed by atoms with Gasteiger partial charge in [-0.15, -0.1) is 12.4 Å². The average molecular weight is 269 g/mol. The fourth-order valence-corrected chi connectivity index (χ4v) is 2.51. The molecule has 90 valence electrons. The number of hydrogen-bond acceptors (Lipinski definition) is 5. The summed E-state index contributed by atoms with van der Waals surface area (Å²) in [5, 5.41) is 0.885. The lowest BCUT2D eigenvalue weighted by atomic mass is 10.3. The lowest BCUT2D eigenvalue weighted by molar-refractivity contribution is 0.944. The molecular weight excluding hydrogens is 256 g/mol. The quantitative estimate of drug-likeness (QED) is 0.824. The van der Waals surface area contributed by atoms with Crippen LogP contribution in [0.1, 0.15) is 12.8 Å². The summed E-state index contributed by atoms with van der Waals surface area (Å²) in [6.45, 7) is 0.934. The van der Waals surface area contributed by atoms with Crippen molar-refractivity contribution >= 4 is 44.9 Å². The predicted octanol–water partition coefficient (Wildman–Crippen LogP) is 2.83. The zero-order chi connectivity index (χ0) is 10.8. The number of aliphatic imine (C=N–C) groups is 1. The second kappa shape index (κ2) is 5.33. The summed E-state index contributed by atoms with van der Waals surface area (Å²) >= 11 is 1.64. The normalized spacial score (nSPS) is 14.2. The Morgan fingerprint density at radius 3 is 2.82 bits per heavy atom. The highest BCUT2D eigenvalue weighted by atomic mass is 35.5. The number of benzene rings is 1. The second-order valence-corrected chi connectivity index (χ2v) is 4.70. The molecule has 1 aliphatic heterocycles. The van der Waals surface area contributed by atoms with Crippen LogP contribution in [0.2, 0.25) is 0 Å². The molecule has 0 bridgehead atoms. The molecule has 0 fully saturated rings. The van der Waals surface area contributed by atoms with Gasteiger partial charge in [-0.3, -0.25) is 15.8 Å². The van der Waals surface area contributed by atoms with Gasteiger partial charge in [0.2, 0.25) is 5.13 Å². The topological polar surface area (TPSA) is 49.3 Å². The van der Waals surface area contributed by atoms with E-state index in [0.717, 1.165) is 35.9 Å². The van der Waals surface area contributed by atoms with Gasteiger partial charge in [0, 0.05) is 13.0 Å². The number of aromatic nitrogens is 1. The SMILES string of the molecule is Cl.c1ccc2sc(NNC3=NCCC3)nc2c1. The molecule has 2 heterocycles. The molecule has 17 heavy (non-hydrogen) atoms. The van der Waals surface area contributed by atoms with Gasteiger partial charge in [0.05, 0.1) is 10.2 Å². The fourth-order valence-electron chi connectivity index (χ4n) is 1.69. The number of hydrazine groups is 1. The molecule has 2 aromatic rings. The number of halogens is 1. The van der Waals surface area contributed by atoms with Crippen molar-refractivity contribution in [3.63, 3.8) is 0 Å². The van der Waals surface area contributed by atoms with Crippen LogP contribution in [-0.2, 0) is 0 Å². The van der Waals surface area contributed by atoms with E-state index in [1.54, 1.807) is 11.3 Å². The number of rotatable bonds is 2. The summed E-state index contributed by atoms with van der Waals surface area (Å²) in [5.41, 5.74) is 7.24. The minimum Gasteiger partial charge on any atom is -0.286 e. The molecule has 0 saturated carbocycles. The third-order valence-corrected chi connectivity index (χ3v) is 3.43. The molecule has 0 spiro atoms. The Balaban J connectivity index is 0.00000108. The number of anilines is 1. The van der Waals surface area contributed by atoms with E-state index in [4.69, 9.17) is 0 Å². The third kappa shape index (κ3) is 2.68. The van der Waals surface area contributed by atoms with Crippen LogP contribution in [0.5, 0.6) is 0 Å². The number of para-hydroxylation sites is 1. The Hall–Kier alpha value is -1.33. The van der Waals surface area contributed by atoms with Gasteiger partial charge < -0.3 is 0 Å². The van der Waals surface area contributed by atoms with Crippen LogP contribution in [0, 0.1) is 0 Å². The largest absolute Gasteiger partial charge is 0.286 e. The molecule has 0 atom stereocenters. The van der Waals surface area contributed by atoms with Crippen LogP contribution in [0.25, 0.3) is 10.2 Å². The first kappa shape index (κ1) is 12.1. The van der Waals surface area contributed by atoms with Crippen molar-refractivity contribution in [3.05, 3.63) is 24.3 Å². The molecule has 1 aromatic carbocycles. The standard InChI is InChI=1S/C11H12N4S.ClH/c1-2-5-9-8(4-1)13-11(16-9)15-14-10-6-3-7-12-10;/h1-2,4-5H,3,6-7H2,(H,12,14)(H,13,15);1H. The molecule has 3 rings (SSSR count). The van der Waals surface area contributed by atoms with Crippen molar-refractivity contribution in [1.82, 2.24) is 10.4 Å². The number of nitrogens with one attached hydrogen (secondary N) is 2. The molecule has 6 heteroatoms. The van der Waals surface area contributed by atoms with Crippen molar-refractivity contribution in [3.8, 4) is 0 Å². The lowest BCUT2D eigenvalue weighted by Crippen LogP contribution is -2.27. The first-order chi connectivity index (χ1) is 7.92. The van der Waals surface area contributed by atoms with Crippen molar-refractivity contribution in [2.24, 2.45) is 4.99 Å². The maximum absolute atomic E-state index is 4.46. The highest BCUT2D eigenvalue weighted by Gasteiger charge is 2.06. The van der Waals surface area contributed by atoms with Crippen LogP contribution in [0.15, 0.2) is 29.3 Å². The number of hydrogen-bond donors (Lipinski definition) is 2. The summed E-state index contributed by atoms with van der Waals surface area (Å²) < 4.78 is 1.19. The van der Waals surface area contributed by atoms with Gasteiger partial charge in [0.15, 0.2) is 0 Å². The summed E-state index contributed by atoms with van der Waals surface area (Å²) in [4.78, 5) is 8.79. The predicted molar refractivity (Wildman–Crippen MR) is 75.2 cm³/mol. The van der Waals surface area contributed by atoms with E-state index in [1.807, 2.05) is 18.2 Å². The molecule has 0 radical (unpaired) electrons. The van der Waals surface area contributed by atoms with E-state index in [9.17, 15) is 0 Å². The van der Waals surface area contributed by atoms with Gasteiger partial charge in [-0.2, -0.15) is 0 Å². The van der Waals surface area contributed by atoms with E-state index in [2.05, 4.69) is 26.9 Å². The molecule has 2 N–H and O–H groups in total. The van der Waals surface area contributed by atoms with E-state index in [0.29, 0.717) is 0 Å². The zero-order valence-corrected chi connectivity index (χ0v) is 10.8. The first-order valence-corrected chi connectivity index (χ1v) is 6.14. The summed E-state index contributed by atoms with van der Waals surface area (Å²) in [6.07, 6.45) is 2.17. The van der Waals surface area contributed by atoms with E-state index in [1.165, 1.54) is 4.70 Å². The molecule has 4 nitrogen and oxygen atoms in total. The number of fused-ring (bicyclic) bond motifs is 1. The Bertz CT molecular complexity index is 504. The third-order valence-electron chi connectivity index (χ3n) is 2.48. The number of nitrogens with zero attached hydrogens (tertiary/aromatic N) is 2. The van der Waals surface area contributed by atoms with Crippen molar-refractivity contribution in [2.45, 2.75) is 12.8 Å². The van der Waals surface area contributed by atoms with Crippen LogP contribution in [-0.4, -0.2) is 17.4 Å². The maximum Gasteiger partial charge on any atom is 0.202 e. The minimum absolute atomic E-state index is 0. The highest BCUT2D eigenvalue weighted by molar-refractivity contribution is 7.22. The Morgan fingerprint density at radius 2 is 2.06 bits per heavy atom. The van der Waals surface area contributed by atoms with Crippen LogP contribution >= 0.6 is 23.7 Å².